The molecule has 6 nitrogen and oxygen atoms in total. The first-order valence-corrected chi connectivity index (χ1v) is 6.21. The first kappa shape index (κ1) is 16.0. The highest BCUT2D eigenvalue weighted by Crippen LogP contribution is 2.34. The number of benzene rings is 1. The monoisotopic (exact) mass is 330 g/mol. The summed E-state index contributed by atoms with van der Waals surface area (Å²) in [4.78, 5) is 7.14. The normalized spacial score (nSPS) is 11.1. The molecule has 0 unspecified atom stereocenters. The molecule has 0 aliphatic carbocycles. The van der Waals surface area contributed by atoms with Gasteiger partial charge in [-0.1, -0.05) is 17.7 Å². The third-order valence-electron chi connectivity index (χ3n) is 2.70. The van der Waals surface area contributed by atoms with Crippen LogP contribution in [0.4, 0.5) is 30.5 Å². The minimum atomic E-state index is -4.63. The number of rotatable bonds is 4. The number of nitrogens with two attached hydrogens (primary N) is 1. The van der Waals surface area contributed by atoms with Crippen molar-refractivity contribution in [3.63, 3.8) is 0 Å². The maximum Gasteiger partial charge on any atom is 0.420 e. The predicted octanol–water partition coefficient (Wildman–Crippen LogP) is 3.18. The first-order chi connectivity index (χ1) is 10.4. The van der Waals surface area contributed by atoms with Gasteiger partial charge in [0.1, 0.15) is 10.7 Å². The number of anilines is 3. The predicted molar refractivity (Wildman–Crippen MR) is 77.5 cm³/mol. The number of nitrogen functional groups attached to an aromatic ring is 1. The van der Waals surface area contributed by atoms with Crippen molar-refractivity contribution in [1.82, 2.24) is 9.97 Å². The van der Waals surface area contributed by atoms with Crippen LogP contribution in [0, 0.1) is 5.41 Å². The molecule has 0 amide bonds. The van der Waals surface area contributed by atoms with E-state index in [1.54, 1.807) is 18.2 Å². The third-order valence-corrected chi connectivity index (χ3v) is 2.99. The average molecular weight is 331 g/mol. The summed E-state index contributed by atoms with van der Waals surface area (Å²) < 4.78 is 37.8. The Morgan fingerprint density at radius 1 is 1.27 bits per heavy atom. The fourth-order valence-electron chi connectivity index (χ4n) is 1.69. The summed E-state index contributed by atoms with van der Waals surface area (Å²) in [7, 11) is 0. The van der Waals surface area contributed by atoms with Crippen molar-refractivity contribution in [3.05, 3.63) is 40.7 Å². The summed E-state index contributed by atoms with van der Waals surface area (Å²) >= 11 is 5.52. The molecule has 0 saturated heterocycles. The molecule has 22 heavy (non-hydrogen) atoms. The van der Waals surface area contributed by atoms with Gasteiger partial charge in [0, 0.05) is 18.0 Å². The fourth-order valence-corrected chi connectivity index (χ4v) is 1.92. The van der Waals surface area contributed by atoms with E-state index in [4.69, 9.17) is 22.9 Å². The van der Waals surface area contributed by atoms with Gasteiger partial charge in [-0.2, -0.15) is 13.2 Å². The molecule has 0 fully saturated rings. The number of hydrogen-bond acceptors (Lipinski definition) is 6. The van der Waals surface area contributed by atoms with Crippen LogP contribution < -0.4 is 16.6 Å². The van der Waals surface area contributed by atoms with Crippen molar-refractivity contribution in [1.29, 1.82) is 5.41 Å². The van der Waals surface area contributed by atoms with Crippen LogP contribution in [-0.4, -0.2) is 16.2 Å². The van der Waals surface area contributed by atoms with E-state index in [-0.39, 0.29) is 5.95 Å². The van der Waals surface area contributed by atoms with Gasteiger partial charge in [0.25, 0.3) is 0 Å². The lowest BCUT2D eigenvalue weighted by Crippen LogP contribution is -2.11. The van der Waals surface area contributed by atoms with Crippen LogP contribution in [0.1, 0.15) is 11.1 Å². The number of nitrogens with zero attached hydrogens (tertiary/aromatic N) is 2. The van der Waals surface area contributed by atoms with Crippen LogP contribution in [0.15, 0.2) is 24.4 Å². The van der Waals surface area contributed by atoms with E-state index in [0.717, 1.165) is 6.21 Å². The molecule has 116 valence electrons. The Hall–Kier alpha value is -2.39. The van der Waals surface area contributed by atoms with E-state index in [1.165, 1.54) is 0 Å². The second kappa shape index (κ2) is 6.16. The van der Waals surface area contributed by atoms with Crippen molar-refractivity contribution >= 4 is 35.1 Å². The lowest BCUT2D eigenvalue weighted by atomic mass is 10.1. The highest BCUT2D eigenvalue weighted by Gasteiger charge is 2.34. The van der Waals surface area contributed by atoms with Crippen molar-refractivity contribution in [2.75, 3.05) is 10.7 Å². The van der Waals surface area contributed by atoms with Crippen molar-refractivity contribution < 1.29 is 13.2 Å². The molecule has 1 aromatic carbocycles. The highest BCUT2D eigenvalue weighted by molar-refractivity contribution is 6.30. The van der Waals surface area contributed by atoms with Crippen molar-refractivity contribution in [2.24, 2.45) is 5.84 Å². The highest BCUT2D eigenvalue weighted by atomic mass is 35.5. The second-order valence-electron chi connectivity index (χ2n) is 4.08. The Morgan fingerprint density at radius 2 is 1.95 bits per heavy atom. The summed E-state index contributed by atoms with van der Waals surface area (Å²) in [5.74, 6) is 5.19. The molecule has 0 saturated carbocycles. The van der Waals surface area contributed by atoms with Crippen LogP contribution in [0.3, 0.4) is 0 Å². The number of alkyl halides is 3. The van der Waals surface area contributed by atoms with Gasteiger partial charge in [-0.15, -0.1) is 0 Å². The standard InChI is InChI=1S/C12H10ClF3N6/c13-10-7(12(14,15)16)5-19-11(21-10)20-8-2-1-3-9(22-18)6(8)4-17/h1-5,17,22H,18H2,(H,19,20,21). The van der Waals surface area contributed by atoms with Gasteiger partial charge in [-0.05, 0) is 12.1 Å². The van der Waals surface area contributed by atoms with Gasteiger partial charge in [-0.3, -0.25) is 5.84 Å². The van der Waals surface area contributed by atoms with E-state index < -0.39 is 16.9 Å². The zero-order valence-corrected chi connectivity index (χ0v) is 11.6. The zero-order chi connectivity index (χ0) is 16.3. The molecular weight excluding hydrogens is 321 g/mol. The fraction of sp³-hybridized carbons (Fsp3) is 0.0833. The number of halogens is 4. The number of hydrogen-bond donors (Lipinski definition) is 4. The van der Waals surface area contributed by atoms with Gasteiger partial charge in [0.05, 0.1) is 11.4 Å². The van der Waals surface area contributed by atoms with E-state index in [0.29, 0.717) is 23.1 Å². The van der Waals surface area contributed by atoms with Crippen LogP contribution in [0.5, 0.6) is 0 Å². The molecule has 2 aromatic rings. The van der Waals surface area contributed by atoms with Gasteiger partial charge in [0.2, 0.25) is 5.95 Å². The van der Waals surface area contributed by atoms with Crippen molar-refractivity contribution in [2.45, 2.75) is 6.18 Å². The largest absolute Gasteiger partial charge is 0.420 e. The Balaban J connectivity index is 2.36. The summed E-state index contributed by atoms with van der Waals surface area (Å²) in [6, 6.07) is 4.86. The minimum Gasteiger partial charge on any atom is -0.323 e. The topological polar surface area (TPSA) is 99.7 Å². The summed E-state index contributed by atoms with van der Waals surface area (Å²) in [6.07, 6.45) is -3.00. The lowest BCUT2D eigenvalue weighted by Gasteiger charge is -2.13. The van der Waals surface area contributed by atoms with E-state index in [1.807, 2.05) is 0 Å². The van der Waals surface area contributed by atoms with Crippen molar-refractivity contribution in [3.8, 4) is 0 Å². The molecular formula is C12H10ClF3N6. The SMILES string of the molecule is N=Cc1c(NN)cccc1Nc1ncc(C(F)(F)F)c(Cl)n1. The summed E-state index contributed by atoms with van der Waals surface area (Å²) in [6.45, 7) is 0. The molecule has 10 heteroatoms. The van der Waals surface area contributed by atoms with Gasteiger partial charge < -0.3 is 16.2 Å². The molecule has 0 spiro atoms. The molecule has 1 aromatic heterocycles. The summed E-state index contributed by atoms with van der Waals surface area (Å²) in [5.41, 5.74) is 2.52. The van der Waals surface area contributed by atoms with Gasteiger partial charge >= 0.3 is 6.18 Å². The average Bonchev–Trinajstić information content (AvgIpc) is 2.45. The first-order valence-electron chi connectivity index (χ1n) is 5.83. The third kappa shape index (κ3) is 3.26. The van der Waals surface area contributed by atoms with Gasteiger partial charge in [0.15, 0.2) is 0 Å². The smallest absolute Gasteiger partial charge is 0.323 e. The molecule has 5 N–H and O–H groups in total. The van der Waals surface area contributed by atoms with Crippen LogP contribution >= 0.6 is 11.6 Å². The van der Waals surface area contributed by atoms with Crippen LogP contribution in [0.2, 0.25) is 5.15 Å². The Labute approximate surface area is 128 Å². The van der Waals surface area contributed by atoms with E-state index in [9.17, 15) is 13.2 Å². The Kier molecular flexibility index (Phi) is 4.48. The molecule has 1 heterocycles. The lowest BCUT2D eigenvalue weighted by molar-refractivity contribution is -0.137. The zero-order valence-electron chi connectivity index (χ0n) is 10.9. The molecule has 0 bridgehead atoms. The summed E-state index contributed by atoms with van der Waals surface area (Å²) in [5, 5.41) is 9.36. The number of hydrazine groups is 1. The second-order valence-corrected chi connectivity index (χ2v) is 4.43. The Morgan fingerprint density at radius 3 is 2.50 bits per heavy atom. The van der Waals surface area contributed by atoms with Crippen LogP contribution in [0.25, 0.3) is 0 Å². The van der Waals surface area contributed by atoms with E-state index >= 15 is 0 Å². The molecule has 2 rings (SSSR count). The van der Waals surface area contributed by atoms with Crippen LogP contribution in [-0.2, 0) is 6.18 Å². The minimum absolute atomic E-state index is 0.129. The quantitative estimate of drug-likeness (QED) is 0.298. The molecule has 0 aliphatic rings. The molecule has 0 atom stereocenters. The molecule has 0 aliphatic heterocycles. The Bertz CT molecular complexity index is 704. The number of aromatic nitrogens is 2. The number of nitrogens with one attached hydrogen (secondary N) is 3. The molecule has 0 radical (unpaired) electrons. The van der Waals surface area contributed by atoms with Gasteiger partial charge in [-0.25, -0.2) is 9.97 Å². The maximum atomic E-state index is 12.6. The van der Waals surface area contributed by atoms with E-state index in [2.05, 4.69) is 20.7 Å². The maximum absolute atomic E-state index is 12.6.